The van der Waals surface area contributed by atoms with Gasteiger partial charge < -0.3 is 15.1 Å². The lowest BCUT2D eigenvalue weighted by Crippen LogP contribution is -2.45. The third kappa shape index (κ3) is 6.49. The van der Waals surface area contributed by atoms with Crippen LogP contribution in [0.25, 0.3) is 38.9 Å². The van der Waals surface area contributed by atoms with Crippen molar-refractivity contribution in [3.63, 3.8) is 0 Å². The number of H-pyrrole nitrogens is 1. The molecule has 1 aliphatic rings. The molecular weight excluding hydrogens is 666 g/mol. The molecule has 1 aromatic carbocycles. The summed E-state index contributed by atoms with van der Waals surface area (Å²) >= 11 is 0. The molecule has 1 unspecified atom stereocenters. The van der Waals surface area contributed by atoms with Crippen molar-refractivity contribution < 1.29 is 18.4 Å². The predicted molar refractivity (Wildman–Crippen MR) is 198 cm³/mol. The summed E-state index contributed by atoms with van der Waals surface area (Å²) in [5.41, 5.74) is 3.59. The number of carbonyl (C=O) groups is 2. The van der Waals surface area contributed by atoms with Crippen LogP contribution in [0.5, 0.6) is 0 Å². The minimum Gasteiger partial charge on any atom is -0.351 e. The summed E-state index contributed by atoms with van der Waals surface area (Å²) in [6.07, 6.45) is 3.87. The normalized spacial score (nSPS) is 16.3. The monoisotopic (exact) mass is 710 g/mol. The van der Waals surface area contributed by atoms with Gasteiger partial charge in [0.15, 0.2) is 5.83 Å². The van der Waals surface area contributed by atoms with Crippen molar-refractivity contribution in [2.75, 3.05) is 33.7 Å². The summed E-state index contributed by atoms with van der Waals surface area (Å²) in [6, 6.07) is 6.40. The van der Waals surface area contributed by atoms with Crippen molar-refractivity contribution in [3.05, 3.63) is 93.2 Å². The number of piperidine rings is 1. The summed E-state index contributed by atoms with van der Waals surface area (Å²) in [5, 5.41) is 11.0. The molecule has 0 aliphatic carbocycles. The zero-order valence-corrected chi connectivity index (χ0v) is 30.6. The van der Waals surface area contributed by atoms with E-state index in [1.54, 1.807) is 25.4 Å². The van der Waals surface area contributed by atoms with E-state index >= 15 is 9.18 Å². The maximum Gasteiger partial charge on any atom is 0.282 e. The summed E-state index contributed by atoms with van der Waals surface area (Å²) in [5.74, 6) is -3.70. The third-order valence-electron chi connectivity index (χ3n) is 9.99. The second-order valence-electron chi connectivity index (χ2n) is 14.3. The Morgan fingerprint density at radius 3 is 2.58 bits per heavy atom. The average molecular weight is 711 g/mol. The lowest BCUT2D eigenvalue weighted by molar-refractivity contribution is -0.132. The molecule has 4 aromatic heterocycles. The van der Waals surface area contributed by atoms with Crippen molar-refractivity contribution in [1.29, 1.82) is 0 Å². The number of pyridine rings is 3. The number of nitrogens with one attached hydrogen (secondary N) is 2. The molecule has 2 N–H and O–H groups in total. The minimum absolute atomic E-state index is 0.0298. The highest BCUT2D eigenvalue weighted by atomic mass is 19.1. The van der Waals surface area contributed by atoms with Gasteiger partial charge in [-0.2, -0.15) is 5.10 Å². The molecule has 0 bridgehead atoms. The first-order valence-corrected chi connectivity index (χ1v) is 17.5. The minimum atomic E-state index is -1.06. The molecule has 1 fully saturated rings. The van der Waals surface area contributed by atoms with E-state index in [9.17, 15) is 14.0 Å². The van der Waals surface area contributed by atoms with Crippen molar-refractivity contribution in [2.24, 2.45) is 0 Å². The smallest absolute Gasteiger partial charge is 0.282 e. The van der Waals surface area contributed by atoms with Crippen LogP contribution in [-0.2, 0) is 4.79 Å². The van der Waals surface area contributed by atoms with E-state index in [2.05, 4.69) is 27.1 Å². The number of fused-ring (bicyclic) bond motifs is 2. The maximum atomic E-state index is 16.8. The number of aryl methyl sites for hydroxylation is 2. The number of halogens is 2. The number of amides is 2. The highest BCUT2D eigenvalue weighted by Gasteiger charge is 2.36. The summed E-state index contributed by atoms with van der Waals surface area (Å²) in [7, 11) is 3.75. The molecule has 2 atom stereocenters. The number of carbonyl (C=O) groups excluding carboxylic acids is 2. The Labute approximate surface area is 300 Å². The lowest BCUT2D eigenvalue weighted by Gasteiger charge is -2.38. The van der Waals surface area contributed by atoms with Gasteiger partial charge in [0.2, 0.25) is 0 Å². The van der Waals surface area contributed by atoms with Crippen LogP contribution in [0.1, 0.15) is 78.2 Å². The number of benzene rings is 1. The van der Waals surface area contributed by atoms with Gasteiger partial charge >= 0.3 is 0 Å². The van der Waals surface area contributed by atoms with Gasteiger partial charge in [0.05, 0.1) is 23.1 Å². The topological polar surface area (TPSA) is 129 Å². The lowest BCUT2D eigenvalue weighted by atomic mass is 9.81. The molecule has 0 radical (unpaired) electrons. The largest absolute Gasteiger partial charge is 0.351 e. The Balaban J connectivity index is 1.72. The number of rotatable bonds is 9. The molecule has 5 aromatic rings. The number of aromatic amines is 1. The summed E-state index contributed by atoms with van der Waals surface area (Å²) in [4.78, 5) is 55.2. The maximum absolute atomic E-state index is 16.8. The molecule has 272 valence electrons. The standard InChI is InChI=1S/C39H44F2N8O3/c1-20(2)33-35(22(4)11-13-42-33)49-36-26(18-28(41)34(45-36)30-21(3)9-10-29-27(30)19-44-46-29)31(32(39(49)52)37(50)43-14-16-47(7)8)25-12-15-48(23(5)17-25)38(51)24(6)40/h9-11,13,18-20,23,25H,6,12,14-17H2,1-5,7-8H3,(H,43,50)(H,44,46)/t23-,25?/m1/s1. The third-order valence-corrected chi connectivity index (χ3v) is 9.99. The van der Waals surface area contributed by atoms with Crippen LogP contribution in [0.15, 0.2) is 53.9 Å². The Kier molecular flexibility index (Phi) is 10.1. The fourth-order valence-electron chi connectivity index (χ4n) is 7.43. The molecule has 0 saturated carbocycles. The van der Waals surface area contributed by atoms with Gasteiger partial charge in [-0.25, -0.2) is 13.8 Å². The molecule has 6 rings (SSSR count). The van der Waals surface area contributed by atoms with E-state index < -0.39 is 41.0 Å². The van der Waals surface area contributed by atoms with Gasteiger partial charge in [-0.3, -0.25) is 29.0 Å². The molecule has 5 heterocycles. The number of nitrogens with zero attached hydrogens (tertiary/aromatic N) is 6. The van der Waals surface area contributed by atoms with E-state index in [1.165, 1.54) is 15.5 Å². The zero-order valence-electron chi connectivity index (χ0n) is 30.6. The van der Waals surface area contributed by atoms with Gasteiger partial charge in [-0.1, -0.05) is 26.5 Å². The van der Waals surface area contributed by atoms with E-state index in [4.69, 9.17) is 4.98 Å². The van der Waals surface area contributed by atoms with E-state index in [0.717, 1.165) is 11.1 Å². The van der Waals surface area contributed by atoms with Gasteiger partial charge in [0.25, 0.3) is 17.4 Å². The van der Waals surface area contributed by atoms with Gasteiger partial charge in [0, 0.05) is 48.2 Å². The molecular formula is C39H44F2N8O3. The van der Waals surface area contributed by atoms with Gasteiger partial charge in [0.1, 0.15) is 22.7 Å². The first kappa shape index (κ1) is 36.5. The van der Waals surface area contributed by atoms with Crippen LogP contribution in [0.2, 0.25) is 0 Å². The molecule has 0 spiro atoms. The SMILES string of the molecule is C=C(F)C(=O)N1CCC(c2c(C(=O)NCCN(C)C)c(=O)n(-c3c(C)ccnc3C(C)C)c3nc(-c4c(C)ccc5[nH]ncc45)c(F)cc23)C[C@H]1C. The molecule has 13 heteroatoms. The molecule has 1 saturated heterocycles. The summed E-state index contributed by atoms with van der Waals surface area (Å²) < 4.78 is 32.2. The number of hydrogen-bond acceptors (Lipinski definition) is 7. The number of likely N-dealkylation sites (tertiary alicyclic amines) is 1. The Morgan fingerprint density at radius 2 is 1.90 bits per heavy atom. The van der Waals surface area contributed by atoms with E-state index in [-0.39, 0.29) is 42.3 Å². The first-order chi connectivity index (χ1) is 24.7. The number of hydrogen-bond donors (Lipinski definition) is 2. The van der Waals surface area contributed by atoms with Crippen molar-refractivity contribution in [1.82, 2.24) is 39.8 Å². The first-order valence-electron chi connectivity index (χ1n) is 17.5. The Bertz CT molecular complexity index is 2290. The second kappa shape index (κ2) is 14.4. The highest BCUT2D eigenvalue weighted by molar-refractivity contribution is 6.02. The molecule has 11 nitrogen and oxygen atoms in total. The average Bonchev–Trinajstić information content (AvgIpc) is 3.56. The highest BCUT2D eigenvalue weighted by Crippen LogP contribution is 2.40. The molecule has 52 heavy (non-hydrogen) atoms. The van der Waals surface area contributed by atoms with Crippen LogP contribution >= 0.6 is 0 Å². The van der Waals surface area contributed by atoms with Crippen LogP contribution in [0.4, 0.5) is 8.78 Å². The van der Waals surface area contributed by atoms with Crippen LogP contribution in [0, 0.1) is 19.7 Å². The fourth-order valence-corrected chi connectivity index (χ4v) is 7.43. The van der Waals surface area contributed by atoms with Crippen LogP contribution in [0.3, 0.4) is 0 Å². The molecule has 1 aliphatic heterocycles. The predicted octanol–water partition coefficient (Wildman–Crippen LogP) is 6.07. The van der Waals surface area contributed by atoms with Gasteiger partial charge in [-0.05, 0) is 94.4 Å². The molecule has 2 amide bonds. The summed E-state index contributed by atoms with van der Waals surface area (Å²) in [6.45, 7) is 13.5. The van der Waals surface area contributed by atoms with E-state index in [0.29, 0.717) is 51.8 Å². The van der Waals surface area contributed by atoms with Crippen molar-refractivity contribution in [2.45, 2.75) is 65.3 Å². The Morgan fingerprint density at radius 1 is 1.15 bits per heavy atom. The number of aromatic nitrogens is 5. The van der Waals surface area contributed by atoms with Crippen LogP contribution < -0.4 is 10.9 Å². The van der Waals surface area contributed by atoms with Crippen molar-refractivity contribution >= 4 is 33.8 Å². The quantitative estimate of drug-likeness (QED) is 0.178. The Hall–Kier alpha value is -5.30. The van der Waals surface area contributed by atoms with E-state index in [1.807, 2.05) is 58.8 Å². The second-order valence-corrected chi connectivity index (χ2v) is 14.3. The zero-order chi connectivity index (χ0) is 37.6. The number of likely N-dealkylation sites (N-methyl/N-ethyl adjacent to an activating group) is 1. The fraction of sp³-hybridized carbons (Fsp3) is 0.385. The van der Waals surface area contributed by atoms with Crippen LogP contribution in [-0.4, -0.2) is 86.1 Å². The van der Waals surface area contributed by atoms with Gasteiger partial charge in [-0.15, -0.1) is 0 Å². The van der Waals surface area contributed by atoms with Crippen molar-refractivity contribution in [3.8, 4) is 16.9 Å².